The van der Waals surface area contributed by atoms with E-state index in [9.17, 15) is 10.1 Å². The number of piperazine rings is 1. The maximum absolute atomic E-state index is 13.3. The van der Waals surface area contributed by atoms with E-state index in [1.807, 2.05) is 72.6 Å². The van der Waals surface area contributed by atoms with Crippen molar-refractivity contribution in [3.05, 3.63) is 95.0 Å². The van der Waals surface area contributed by atoms with E-state index in [0.29, 0.717) is 36.3 Å². The van der Waals surface area contributed by atoms with Crippen molar-refractivity contribution in [3.63, 3.8) is 0 Å². The number of nitrogens with one attached hydrogen (secondary N) is 2. The molecule has 1 heterocycles. The summed E-state index contributed by atoms with van der Waals surface area (Å²) >= 11 is 5.99. The lowest BCUT2D eigenvalue weighted by molar-refractivity contribution is 0.136. The number of nitriles is 1. The maximum Gasteiger partial charge on any atom is 0.322 e. The highest BCUT2D eigenvalue weighted by atomic mass is 35.5. The molecule has 2 N–H and O–H groups in total. The van der Waals surface area contributed by atoms with Crippen LogP contribution >= 0.6 is 11.6 Å². The lowest BCUT2D eigenvalue weighted by atomic mass is 10.0. The number of benzene rings is 3. The van der Waals surface area contributed by atoms with Gasteiger partial charge in [-0.05, 0) is 61.6 Å². The van der Waals surface area contributed by atoms with Crippen molar-refractivity contribution in [2.45, 2.75) is 12.6 Å². The number of anilines is 2. The van der Waals surface area contributed by atoms with Crippen LogP contribution in [0.2, 0.25) is 5.02 Å². The van der Waals surface area contributed by atoms with Crippen molar-refractivity contribution in [1.29, 1.82) is 5.26 Å². The molecule has 1 fully saturated rings. The van der Waals surface area contributed by atoms with Crippen LogP contribution in [-0.2, 0) is 6.54 Å². The average molecular weight is 516 g/mol. The van der Waals surface area contributed by atoms with Crippen molar-refractivity contribution in [3.8, 4) is 6.19 Å². The van der Waals surface area contributed by atoms with E-state index in [-0.39, 0.29) is 12.1 Å². The molecule has 0 saturated carbocycles. The summed E-state index contributed by atoms with van der Waals surface area (Å²) in [5.74, 6) is 0.461. The van der Waals surface area contributed by atoms with E-state index in [1.165, 1.54) is 0 Å². The van der Waals surface area contributed by atoms with E-state index in [2.05, 4.69) is 32.7 Å². The van der Waals surface area contributed by atoms with Gasteiger partial charge in [0.2, 0.25) is 12.2 Å². The molecule has 3 aromatic carbocycles. The number of aliphatic imine (C=N–C) groups is 1. The minimum absolute atomic E-state index is 0.195. The van der Waals surface area contributed by atoms with Gasteiger partial charge in [0.05, 0.1) is 6.04 Å². The Morgan fingerprint density at radius 3 is 2.49 bits per heavy atom. The Labute approximate surface area is 222 Å². The molecule has 1 aliphatic rings. The highest BCUT2D eigenvalue weighted by molar-refractivity contribution is 6.30. The number of rotatable bonds is 5. The van der Waals surface area contributed by atoms with Crippen LogP contribution in [0.5, 0.6) is 0 Å². The van der Waals surface area contributed by atoms with Crippen LogP contribution < -0.4 is 10.6 Å². The molecule has 1 saturated heterocycles. The van der Waals surface area contributed by atoms with Crippen molar-refractivity contribution < 1.29 is 4.79 Å². The fourth-order valence-corrected chi connectivity index (χ4v) is 4.50. The highest BCUT2D eigenvalue weighted by Gasteiger charge is 2.33. The molecule has 9 heteroatoms. The third kappa shape index (κ3) is 7.00. The first kappa shape index (κ1) is 26.0. The Bertz CT molecular complexity index is 1270. The zero-order chi connectivity index (χ0) is 26.2. The summed E-state index contributed by atoms with van der Waals surface area (Å²) in [6, 6.07) is 24.6. The normalized spacial score (nSPS) is 15.9. The summed E-state index contributed by atoms with van der Waals surface area (Å²) in [7, 11) is 4.05. The summed E-state index contributed by atoms with van der Waals surface area (Å²) in [6.45, 7) is 2.24. The first-order valence-electron chi connectivity index (χ1n) is 12.0. The van der Waals surface area contributed by atoms with Crippen molar-refractivity contribution in [1.82, 2.24) is 14.7 Å². The summed E-state index contributed by atoms with van der Waals surface area (Å²) in [5.41, 5.74) is 3.68. The van der Waals surface area contributed by atoms with Crippen LogP contribution in [0.15, 0.2) is 83.9 Å². The Balaban J connectivity index is 1.55. The molecule has 3 aromatic rings. The lowest BCUT2D eigenvalue weighted by Gasteiger charge is -2.42. The summed E-state index contributed by atoms with van der Waals surface area (Å²) < 4.78 is 0. The van der Waals surface area contributed by atoms with Gasteiger partial charge in [-0.1, -0.05) is 54.1 Å². The van der Waals surface area contributed by atoms with Crippen LogP contribution in [0.4, 0.5) is 16.2 Å². The molecule has 0 aromatic heterocycles. The predicted octanol–water partition coefficient (Wildman–Crippen LogP) is 5.24. The molecule has 190 valence electrons. The number of hydrogen-bond acceptors (Lipinski definition) is 4. The summed E-state index contributed by atoms with van der Waals surface area (Å²) in [6.07, 6.45) is 1.93. The summed E-state index contributed by atoms with van der Waals surface area (Å²) in [4.78, 5) is 23.4. The number of halogens is 1. The monoisotopic (exact) mass is 515 g/mol. The number of carbonyl (C=O) groups excluding carboxylic acids is 1. The zero-order valence-corrected chi connectivity index (χ0v) is 21.7. The van der Waals surface area contributed by atoms with E-state index < -0.39 is 0 Å². The molecule has 1 atom stereocenters. The van der Waals surface area contributed by atoms with Gasteiger partial charge in [0.25, 0.3) is 0 Å². The molecular weight excluding hydrogens is 486 g/mol. The molecule has 4 rings (SSSR count). The fraction of sp³-hybridized carbons (Fsp3) is 0.250. The quantitative estimate of drug-likeness (QED) is 0.275. The molecular formula is C28H30ClN7O. The Morgan fingerprint density at radius 1 is 1.03 bits per heavy atom. The van der Waals surface area contributed by atoms with E-state index in [4.69, 9.17) is 11.6 Å². The second kappa shape index (κ2) is 12.3. The first-order chi connectivity index (χ1) is 17.9. The van der Waals surface area contributed by atoms with Gasteiger partial charge in [-0.25, -0.2) is 4.79 Å². The van der Waals surface area contributed by atoms with Gasteiger partial charge < -0.3 is 25.3 Å². The Kier molecular flexibility index (Phi) is 8.62. The number of guanidine groups is 1. The standard InChI is InChI=1S/C28H30ClN7O/c1-34(2)18-21-7-6-10-25(17-21)32-27(31-20-30)35-15-16-36(26(19-35)22-8-4-3-5-9-22)28(37)33-24-13-11-23(29)12-14-24/h3-14,17,26H,15-16,18-19H2,1-2H3,(H,31,32)(H,33,37). The molecule has 0 radical (unpaired) electrons. The molecule has 1 unspecified atom stereocenters. The van der Waals surface area contributed by atoms with Crippen LogP contribution in [0, 0.1) is 11.5 Å². The van der Waals surface area contributed by atoms with Crippen molar-refractivity contribution >= 4 is 35.0 Å². The predicted molar refractivity (Wildman–Crippen MR) is 148 cm³/mol. The second-order valence-corrected chi connectivity index (χ2v) is 9.54. The zero-order valence-electron chi connectivity index (χ0n) is 20.9. The number of nitrogens with zero attached hydrogens (tertiary/aromatic N) is 5. The van der Waals surface area contributed by atoms with Crippen LogP contribution in [0.25, 0.3) is 0 Å². The lowest BCUT2D eigenvalue weighted by Crippen LogP contribution is -2.54. The van der Waals surface area contributed by atoms with Gasteiger partial charge in [0, 0.05) is 42.6 Å². The molecule has 0 spiro atoms. The maximum atomic E-state index is 13.3. The van der Waals surface area contributed by atoms with Gasteiger partial charge in [0.1, 0.15) is 0 Å². The highest BCUT2D eigenvalue weighted by Crippen LogP contribution is 2.27. The number of amides is 2. The topological polar surface area (TPSA) is 87.0 Å². The number of hydrogen-bond donors (Lipinski definition) is 2. The van der Waals surface area contributed by atoms with Crippen LogP contribution in [-0.4, -0.2) is 60.4 Å². The number of urea groups is 1. The Morgan fingerprint density at radius 2 is 1.78 bits per heavy atom. The van der Waals surface area contributed by atoms with Gasteiger partial charge in [0.15, 0.2) is 0 Å². The van der Waals surface area contributed by atoms with Crippen LogP contribution in [0.1, 0.15) is 17.2 Å². The largest absolute Gasteiger partial charge is 0.338 e. The minimum atomic E-state index is -0.243. The SMILES string of the molecule is CN(C)Cc1cccc(N/C(=N/C#N)N2CCN(C(=O)Nc3ccc(Cl)cc3)C(c3ccccc3)C2)c1. The van der Waals surface area contributed by atoms with Gasteiger partial charge in [-0.15, -0.1) is 4.99 Å². The molecule has 1 aliphatic heterocycles. The molecule has 37 heavy (non-hydrogen) atoms. The number of carbonyl (C=O) groups is 1. The average Bonchev–Trinajstić information content (AvgIpc) is 2.90. The fourth-order valence-electron chi connectivity index (χ4n) is 4.37. The first-order valence-corrected chi connectivity index (χ1v) is 12.4. The van der Waals surface area contributed by atoms with Gasteiger partial charge in [-0.3, -0.25) is 0 Å². The summed E-state index contributed by atoms with van der Waals surface area (Å²) in [5, 5.41) is 16.3. The smallest absolute Gasteiger partial charge is 0.322 e. The Hall–Kier alpha value is -4.06. The minimum Gasteiger partial charge on any atom is -0.338 e. The van der Waals surface area contributed by atoms with Gasteiger partial charge >= 0.3 is 6.03 Å². The van der Waals surface area contributed by atoms with Gasteiger partial charge in [-0.2, -0.15) is 5.26 Å². The molecule has 0 aliphatic carbocycles. The molecule has 2 amide bonds. The van der Waals surface area contributed by atoms with E-state index >= 15 is 0 Å². The van der Waals surface area contributed by atoms with Crippen LogP contribution in [0.3, 0.4) is 0 Å². The molecule has 0 bridgehead atoms. The second-order valence-electron chi connectivity index (χ2n) is 9.10. The van der Waals surface area contributed by atoms with E-state index in [1.54, 1.807) is 24.3 Å². The van der Waals surface area contributed by atoms with Crippen molar-refractivity contribution in [2.75, 3.05) is 44.4 Å². The van der Waals surface area contributed by atoms with E-state index in [0.717, 1.165) is 23.4 Å². The third-order valence-electron chi connectivity index (χ3n) is 6.06. The third-order valence-corrected chi connectivity index (χ3v) is 6.31. The molecule has 8 nitrogen and oxygen atoms in total. The van der Waals surface area contributed by atoms with Crippen molar-refractivity contribution in [2.24, 2.45) is 4.99 Å².